The van der Waals surface area contributed by atoms with Crippen LogP contribution in [0.5, 0.6) is 5.75 Å². The number of anilines is 2. The molecule has 3 rings (SSSR count). The summed E-state index contributed by atoms with van der Waals surface area (Å²) in [7, 11) is 1.56. The first-order valence-corrected chi connectivity index (χ1v) is 9.23. The van der Waals surface area contributed by atoms with Crippen molar-refractivity contribution >= 4 is 23.2 Å². The van der Waals surface area contributed by atoms with Crippen molar-refractivity contribution in [2.24, 2.45) is 5.41 Å². The molecular weight excluding hydrogens is 340 g/mol. The van der Waals surface area contributed by atoms with E-state index in [4.69, 9.17) is 4.74 Å². The highest BCUT2D eigenvalue weighted by Gasteiger charge is 2.56. The first kappa shape index (κ1) is 19.0. The highest BCUT2D eigenvalue weighted by atomic mass is 16.5. The summed E-state index contributed by atoms with van der Waals surface area (Å²) >= 11 is 0. The molecule has 1 aliphatic rings. The number of aryl methyl sites for hydroxylation is 1. The number of hydrogen-bond acceptors (Lipinski definition) is 3. The Bertz CT molecular complexity index is 852. The van der Waals surface area contributed by atoms with Crippen LogP contribution < -0.4 is 15.4 Å². The highest BCUT2D eigenvalue weighted by molar-refractivity contribution is 6.17. The molecule has 5 heteroatoms. The number of hydrogen-bond donors (Lipinski definition) is 2. The summed E-state index contributed by atoms with van der Waals surface area (Å²) in [5.74, 6) is 0.459. The van der Waals surface area contributed by atoms with Crippen molar-refractivity contribution in [3.8, 4) is 5.75 Å². The minimum absolute atomic E-state index is 0.260. The summed E-state index contributed by atoms with van der Waals surface area (Å²) < 4.78 is 5.31. The second kappa shape index (κ2) is 7.43. The van der Waals surface area contributed by atoms with Gasteiger partial charge in [-0.15, -0.1) is 0 Å². The number of methoxy groups -OCH3 is 1. The molecule has 0 aromatic heterocycles. The molecule has 1 fully saturated rings. The van der Waals surface area contributed by atoms with Crippen LogP contribution in [0.2, 0.25) is 0 Å². The molecule has 2 aromatic rings. The van der Waals surface area contributed by atoms with Crippen LogP contribution in [0, 0.1) is 12.3 Å². The number of benzene rings is 2. The molecule has 0 unspecified atom stereocenters. The van der Waals surface area contributed by atoms with Crippen LogP contribution in [0.25, 0.3) is 0 Å². The van der Waals surface area contributed by atoms with E-state index in [-0.39, 0.29) is 11.8 Å². The fourth-order valence-electron chi connectivity index (χ4n) is 3.05. The van der Waals surface area contributed by atoms with E-state index in [0.29, 0.717) is 35.9 Å². The van der Waals surface area contributed by atoms with Gasteiger partial charge in [0, 0.05) is 5.69 Å². The molecule has 0 aliphatic heterocycles. The molecule has 27 heavy (non-hydrogen) atoms. The predicted octanol–water partition coefficient (Wildman–Crippen LogP) is 4.48. The molecule has 0 saturated heterocycles. The second-order valence-corrected chi connectivity index (χ2v) is 7.47. The second-order valence-electron chi connectivity index (χ2n) is 7.47. The lowest BCUT2D eigenvalue weighted by Crippen LogP contribution is -2.35. The van der Waals surface area contributed by atoms with E-state index in [1.165, 1.54) is 5.56 Å². The average molecular weight is 366 g/mol. The Balaban J connectivity index is 1.71. The van der Waals surface area contributed by atoms with Crippen LogP contribution in [0.3, 0.4) is 0 Å². The van der Waals surface area contributed by atoms with Gasteiger partial charge in [-0.2, -0.15) is 0 Å². The monoisotopic (exact) mass is 366 g/mol. The summed E-state index contributed by atoms with van der Waals surface area (Å²) in [6.07, 6.45) is 1.09. The Morgan fingerprint density at radius 2 is 1.63 bits per heavy atom. The lowest BCUT2D eigenvalue weighted by atomic mass is 10.0. The third kappa shape index (κ3) is 3.97. The van der Waals surface area contributed by atoms with E-state index in [1.54, 1.807) is 13.2 Å². The maximum Gasteiger partial charge on any atom is 0.240 e. The van der Waals surface area contributed by atoms with Crippen molar-refractivity contribution in [2.45, 2.75) is 39.5 Å². The minimum atomic E-state index is -1.01. The normalized spacial score (nSPS) is 14.6. The number of nitrogens with one attached hydrogen (secondary N) is 2. The van der Waals surface area contributed by atoms with E-state index in [9.17, 15) is 9.59 Å². The van der Waals surface area contributed by atoms with Gasteiger partial charge in [0.05, 0.1) is 12.8 Å². The Hall–Kier alpha value is -2.82. The Labute approximate surface area is 160 Å². The largest absolute Gasteiger partial charge is 0.495 e. The van der Waals surface area contributed by atoms with Crippen LogP contribution in [0.4, 0.5) is 11.4 Å². The third-order valence-electron chi connectivity index (χ3n) is 5.06. The summed E-state index contributed by atoms with van der Waals surface area (Å²) in [4.78, 5) is 25.6. The van der Waals surface area contributed by atoms with Gasteiger partial charge < -0.3 is 15.4 Å². The number of rotatable bonds is 6. The third-order valence-corrected chi connectivity index (χ3v) is 5.06. The van der Waals surface area contributed by atoms with Gasteiger partial charge in [-0.25, -0.2) is 0 Å². The van der Waals surface area contributed by atoms with Gasteiger partial charge in [0.1, 0.15) is 11.2 Å². The van der Waals surface area contributed by atoms with E-state index < -0.39 is 5.41 Å². The van der Waals surface area contributed by atoms with Crippen LogP contribution in [-0.2, 0) is 9.59 Å². The zero-order chi connectivity index (χ0) is 19.6. The number of carbonyl (C=O) groups excluding carboxylic acids is 2. The van der Waals surface area contributed by atoms with Gasteiger partial charge in [0.2, 0.25) is 11.8 Å². The fraction of sp³-hybridized carbons (Fsp3) is 0.364. The van der Waals surface area contributed by atoms with Gasteiger partial charge in [-0.05, 0) is 61.1 Å². The molecule has 1 aliphatic carbocycles. The van der Waals surface area contributed by atoms with Crippen molar-refractivity contribution in [1.82, 2.24) is 0 Å². The SMILES string of the molecule is COc1ccc(C)cc1NC(=O)C1(C(=O)Nc2ccc(C(C)C)cc2)CC1. The van der Waals surface area contributed by atoms with Crippen molar-refractivity contribution in [1.29, 1.82) is 0 Å². The molecule has 0 bridgehead atoms. The van der Waals surface area contributed by atoms with Crippen LogP contribution in [0.1, 0.15) is 43.7 Å². The maximum atomic E-state index is 12.8. The molecular formula is C22H26N2O3. The topological polar surface area (TPSA) is 67.4 Å². The Morgan fingerprint density at radius 1 is 1.00 bits per heavy atom. The zero-order valence-corrected chi connectivity index (χ0v) is 16.3. The quantitative estimate of drug-likeness (QED) is 0.741. The van der Waals surface area contributed by atoms with Crippen molar-refractivity contribution in [3.63, 3.8) is 0 Å². The fourth-order valence-corrected chi connectivity index (χ4v) is 3.05. The van der Waals surface area contributed by atoms with Crippen LogP contribution >= 0.6 is 0 Å². The van der Waals surface area contributed by atoms with Crippen molar-refractivity contribution < 1.29 is 14.3 Å². The summed E-state index contributed by atoms with van der Waals surface area (Å²) in [6.45, 7) is 6.18. The highest BCUT2D eigenvalue weighted by Crippen LogP contribution is 2.48. The summed E-state index contributed by atoms with van der Waals surface area (Å²) in [5, 5.41) is 5.76. The molecule has 1 saturated carbocycles. The van der Waals surface area contributed by atoms with E-state index >= 15 is 0 Å². The lowest BCUT2D eigenvalue weighted by Gasteiger charge is -2.17. The van der Waals surface area contributed by atoms with Gasteiger partial charge in [-0.3, -0.25) is 9.59 Å². The van der Waals surface area contributed by atoms with E-state index in [1.807, 2.05) is 43.3 Å². The molecule has 2 aromatic carbocycles. The molecule has 0 radical (unpaired) electrons. The standard InChI is InChI=1S/C22H26N2O3/c1-14(2)16-6-8-17(9-7-16)23-20(25)22(11-12-22)21(26)24-18-13-15(3)5-10-19(18)27-4/h5-10,13-14H,11-12H2,1-4H3,(H,23,25)(H,24,26). The molecule has 0 spiro atoms. The molecule has 5 nitrogen and oxygen atoms in total. The smallest absolute Gasteiger partial charge is 0.240 e. The molecule has 2 N–H and O–H groups in total. The zero-order valence-electron chi connectivity index (χ0n) is 16.3. The molecule has 2 amide bonds. The number of amides is 2. The van der Waals surface area contributed by atoms with Crippen molar-refractivity contribution in [2.75, 3.05) is 17.7 Å². The maximum absolute atomic E-state index is 12.8. The van der Waals surface area contributed by atoms with Gasteiger partial charge in [0.15, 0.2) is 0 Å². The molecule has 142 valence electrons. The van der Waals surface area contributed by atoms with Crippen LogP contribution in [-0.4, -0.2) is 18.9 Å². The lowest BCUT2D eigenvalue weighted by molar-refractivity contribution is -0.131. The number of ether oxygens (including phenoxy) is 1. The minimum Gasteiger partial charge on any atom is -0.495 e. The summed E-state index contributed by atoms with van der Waals surface area (Å²) in [5.41, 5.74) is 2.49. The Kier molecular flexibility index (Phi) is 5.22. The first-order valence-electron chi connectivity index (χ1n) is 9.23. The average Bonchev–Trinajstić information content (AvgIpc) is 3.44. The molecule has 0 atom stereocenters. The predicted molar refractivity (Wildman–Crippen MR) is 107 cm³/mol. The first-order chi connectivity index (χ1) is 12.9. The van der Waals surface area contributed by atoms with Crippen molar-refractivity contribution in [3.05, 3.63) is 53.6 Å². The van der Waals surface area contributed by atoms with Gasteiger partial charge >= 0.3 is 0 Å². The van der Waals surface area contributed by atoms with Gasteiger partial charge in [-0.1, -0.05) is 32.0 Å². The van der Waals surface area contributed by atoms with E-state index in [0.717, 1.165) is 5.56 Å². The summed E-state index contributed by atoms with van der Waals surface area (Å²) in [6, 6.07) is 13.3. The Morgan fingerprint density at radius 3 is 2.19 bits per heavy atom. The van der Waals surface area contributed by atoms with Gasteiger partial charge in [0.25, 0.3) is 0 Å². The van der Waals surface area contributed by atoms with E-state index in [2.05, 4.69) is 24.5 Å². The van der Waals surface area contributed by atoms with Crippen LogP contribution in [0.15, 0.2) is 42.5 Å². The molecule has 0 heterocycles. The number of carbonyl (C=O) groups is 2.